The van der Waals surface area contributed by atoms with Crippen LogP contribution in [0.25, 0.3) is 0 Å². The molecule has 0 aliphatic carbocycles. The first-order valence-corrected chi connectivity index (χ1v) is 8.23. The lowest BCUT2D eigenvalue weighted by Gasteiger charge is -2.26. The lowest BCUT2D eigenvalue weighted by Crippen LogP contribution is -2.47. The Morgan fingerprint density at radius 3 is 2.94 bits per heavy atom. The lowest BCUT2D eigenvalue weighted by molar-refractivity contribution is -0.133. The minimum atomic E-state index is 0.0821. The van der Waals surface area contributed by atoms with Crippen molar-refractivity contribution in [3.8, 4) is 0 Å². The van der Waals surface area contributed by atoms with Crippen molar-refractivity contribution >= 4 is 17.7 Å². The Balaban J connectivity index is 1.91. The fourth-order valence-corrected chi connectivity index (χ4v) is 3.80. The summed E-state index contributed by atoms with van der Waals surface area (Å²) in [4.78, 5) is 14.6. The molecular weight excluding hydrogens is 244 g/mol. The molecule has 0 aromatic heterocycles. The van der Waals surface area contributed by atoms with Crippen molar-refractivity contribution in [3.63, 3.8) is 0 Å². The van der Waals surface area contributed by atoms with Gasteiger partial charge in [0.2, 0.25) is 5.91 Å². The lowest BCUT2D eigenvalue weighted by atomic mass is 10.1. The summed E-state index contributed by atoms with van der Waals surface area (Å²) in [5.74, 6) is 1.42. The highest BCUT2D eigenvalue weighted by molar-refractivity contribution is 8.00. The van der Waals surface area contributed by atoms with Gasteiger partial charge in [0.15, 0.2) is 0 Å². The van der Waals surface area contributed by atoms with E-state index in [9.17, 15) is 4.79 Å². The zero-order chi connectivity index (χ0) is 13.0. The summed E-state index contributed by atoms with van der Waals surface area (Å²) in [5, 5.41) is 3.42. The number of carbonyl (C=O) groups excluding carboxylic acids is 1. The van der Waals surface area contributed by atoms with Crippen LogP contribution in [-0.2, 0) is 4.79 Å². The van der Waals surface area contributed by atoms with Gasteiger partial charge in [0.1, 0.15) is 0 Å². The zero-order valence-electron chi connectivity index (χ0n) is 11.7. The molecule has 0 bridgehead atoms. The zero-order valence-corrected chi connectivity index (χ0v) is 12.5. The van der Waals surface area contributed by atoms with E-state index in [0.717, 1.165) is 38.2 Å². The first-order chi connectivity index (χ1) is 8.58. The van der Waals surface area contributed by atoms with E-state index in [1.165, 1.54) is 19.3 Å². The minimum Gasteiger partial charge on any atom is -0.340 e. The van der Waals surface area contributed by atoms with E-state index in [1.807, 2.05) is 11.8 Å². The molecule has 104 valence electrons. The highest BCUT2D eigenvalue weighted by atomic mass is 32.2. The number of hydrogen-bond acceptors (Lipinski definition) is 3. The Hall–Kier alpha value is -0.220. The molecule has 2 rings (SSSR count). The Kier molecular flexibility index (Phi) is 4.96. The van der Waals surface area contributed by atoms with Crippen molar-refractivity contribution in [1.82, 2.24) is 10.2 Å². The normalized spacial score (nSPS) is 29.4. The van der Waals surface area contributed by atoms with E-state index in [4.69, 9.17) is 0 Å². The first kappa shape index (κ1) is 14.2. The summed E-state index contributed by atoms with van der Waals surface area (Å²) >= 11 is 2.00. The fraction of sp³-hybridized carbons (Fsp3) is 0.929. The van der Waals surface area contributed by atoms with Crippen LogP contribution in [0.1, 0.15) is 46.0 Å². The number of carbonyl (C=O) groups is 1. The maximum Gasteiger partial charge on any atom is 0.239 e. The predicted octanol–water partition coefficient (Wildman–Crippen LogP) is 2.26. The molecule has 0 spiro atoms. The summed E-state index contributed by atoms with van der Waals surface area (Å²) in [6, 6.07) is 0.0821. The van der Waals surface area contributed by atoms with E-state index >= 15 is 0 Å². The fourth-order valence-electron chi connectivity index (χ4n) is 2.70. The molecule has 0 saturated carbocycles. The van der Waals surface area contributed by atoms with Gasteiger partial charge in [-0.2, -0.15) is 11.8 Å². The number of nitrogens with one attached hydrogen (secondary N) is 1. The summed E-state index contributed by atoms with van der Waals surface area (Å²) in [5.41, 5.74) is 0. The van der Waals surface area contributed by atoms with E-state index in [0.29, 0.717) is 10.7 Å². The molecule has 0 aromatic rings. The van der Waals surface area contributed by atoms with Crippen LogP contribution in [0.4, 0.5) is 0 Å². The summed E-state index contributed by atoms with van der Waals surface area (Å²) in [7, 11) is 0. The maximum absolute atomic E-state index is 12.5. The average Bonchev–Trinajstić information content (AvgIpc) is 2.68. The third kappa shape index (κ3) is 3.89. The molecule has 18 heavy (non-hydrogen) atoms. The van der Waals surface area contributed by atoms with Gasteiger partial charge in [0.05, 0.1) is 6.04 Å². The van der Waals surface area contributed by atoms with Gasteiger partial charge in [-0.25, -0.2) is 0 Å². The largest absolute Gasteiger partial charge is 0.340 e. The quantitative estimate of drug-likeness (QED) is 0.793. The van der Waals surface area contributed by atoms with Crippen LogP contribution in [-0.4, -0.2) is 47.0 Å². The minimum absolute atomic E-state index is 0.0821. The molecule has 2 fully saturated rings. The number of amides is 1. The van der Waals surface area contributed by atoms with Crippen molar-refractivity contribution in [2.75, 3.05) is 25.4 Å². The van der Waals surface area contributed by atoms with Gasteiger partial charge in [-0.3, -0.25) is 4.79 Å². The van der Waals surface area contributed by atoms with Crippen LogP contribution >= 0.6 is 11.8 Å². The number of nitrogens with zero attached hydrogens (tertiary/aromatic N) is 1. The van der Waals surface area contributed by atoms with Gasteiger partial charge in [-0.1, -0.05) is 26.7 Å². The molecule has 2 aliphatic rings. The second-order valence-electron chi connectivity index (χ2n) is 6.04. The SMILES string of the molecule is CC1(C)CCN(C(=O)C2CCCCCN2)CCS1. The Bertz CT molecular complexity index is 286. The molecule has 2 heterocycles. The summed E-state index contributed by atoms with van der Waals surface area (Å²) in [6.45, 7) is 7.43. The molecule has 1 N–H and O–H groups in total. The molecule has 1 atom stereocenters. The van der Waals surface area contributed by atoms with Gasteiger partial charge >= 0.3 is 0 Å². The van der Waals surface area contributed by atoms with Crippen LogP contribution in [0.3, 0.4) is 0 Å². The third-order valence-corrected chi connectivity index (χ3v) is 5.38. The molecule has 2 aliphatic heterocycles. The standard InChI is InChI=1S/C14H26N2OS/c1-14(2)7-9-16(10-11-18-14)13(17)12-6-4-3-5-8-15-12/h12,15H,3-11H2,1-2H3. The number of hydrogen-bond donors (Lipinski definition) is 1. The maximum atomic E-state index is 12.5. The Morgan fingerprint density at radius 2 is 2.11 bits per heavy atom. The number of thioether (sulfide) groups is 1. The van der Waals surface area contributed by atoms with Crippen LogP contribution in [0, 0.1) is 0 Å². The topological polar surface area (TPSA) is 32.3 Å². The number of rotatable bonds is 1. The molecule has 3 nitrogen and oxygen atoms in total. The molecule has 0 aromatic carbocycles. The van der Waals surface area contributed by atoms with E-state index in [2.05, 4.69) is 24.1 Å². The van der Waals surface area contributed by atoms with Crippen molar-refractivity contribution in [3.05, 3.63) is 0 Å². The van der Waals surface area contributed by atoms with Gasteiger partial charge < -0.3 is 10.2 Å². The van der Waals surface area contributed by atoms with E-state index in [-0.39, 0.29) is 6.04 Å². The van der Waals surface area contributed by atoms with Crippen LogP contribution in [0.5, 0.6) is 0 Å². The van der Waals surface area contributed by atoms with Crippen LogP contribution in [0.15, 0.2) is 0 Å². The second-order valence-corrected chi connectivity index (χ2v) is 7.84. The monoisotopic (exact) mass is 270 g/mol. The highest BCUT2D eigenvalue weighted by Gasteiger charge is 2.29. The van der Waals surface area contributed by atoms with Crippen LogP contribution < -0.4 is 5.32 Å². The average molecular weight is 270 g/mol. The van der Waals surface area contributed by atoms with E-state index in [1.54, 1.807) is 0 Å². The highest BCUT2D eigenvalue weighted by Crippen LogP contribution is 2.30. The molecule has 1 unspecified atom stereocenters. The molecule has 0 radical (unpaired) electrons. The van der Waals surface area contributed by atoms with E-state index < -0.39 is 0 Å². The Morgan fingerprint density at radius 1 is 1.28 bits per heavy atom. The van der Waals surface area contributed by atoms with Gasteiger partial charge in [0.25, 0.3) is 0 Å². The van der Waals surface area contributed by atoms with Crippen molar-refractivity contribution in [2.24, 2.45) is 0 Å². The van der Waals surface area contributed by atoms with Crippen LogP contribution in [0.2, 0.25) is 0 Å². The van der Waals surface area contributed by atoms with Gasteiger partial charge in [-0.05, 0) is 25.8 Å². The van der Waals surface area contributed by atoms with Crippen molar-refractivity contribution in [2.45, 2.75) is 56.7 Å². The van der Waals surface area contributed by atoms with Gasteiger partial charge in [-0.15, -0.1) is 0 Å². The van der Waals surface area contributed by atoms with Crippen molar-refractivity contribution in [1.29, 1.82) is 0 Å². The summed E-state index contributed by atoms with van der Waals surface area (Å²) in [6.07, 6.45) is 5.80. The van der Waals surface area contributed by atoms with Gasteiger partial charge in [0, 0.05) is 23.6 Å². The third-order valence-electron chi connectivity index (χ3n) is 4.01. The molecular formula is C14H26N2OS. The smallest absolute Gasteiger partial charge is 0.239 e. The summed E-state index contributed by atoms with van der Waals surface area (Å²) < 4.78 is 0.325. The molecule has 1 amide bonds. The predicted molar refractivity (Wildman–Crippen MR) is 78.0 cm³/mol. The molecule has 2 saturated heterocycles. The first-order valence-electron chi connectivity index (χ1n) is 7.25. The second kappa shape index (κ2) is 6.29. The Labute approximate surface area is 115 Å². The van der Waals surface area contributed by atoms with Crippen molar-refractivity contribution < 1.29 is 4.79 Å². The molecule has 4 heteroatoms.